The summed E-state index contributed by atoms with van der Waals surface area (Å²) in [5.41, 5.74) is -1.42. The number of nitrogens with one attached hydrogen (secondary N) is 1. The van der Waals surface area contributed by atoms with Gasteiger partial charge in [-0.15, -0.1) is 4.73 Å². The summed E-state index contributed by atoms with van der Waals surface area (Å²) in [5.74, 6) is 0. The van der Waals surface area contributed by atoms with Gasteiger partial charge in [-0.25, -0.2) is 4.79 Å². The Morgan fingerprint density at radius 1 is 1.39 bits per heavy atom. The van der Waals surface area contributed by atoms with Gasteiger partial charge in [0, 0.05) is 12.3 Å². The Kier molecular flexibility index (Phi) is 3.22. The van der Waals surface area contributed by atoms with Crippen molar-refractivity contribution < 1.29 is 25.3 Å². The fourth-order valence-electron chi connectivity index (χ4n) is 1.80. The fraction of sp³-hybridized carbons (Fsp3) is 0.556. The molecule has 9 heteroatoms. The predicted octanol–water partition coefficient (Wildman–Crippen LogP) is -3.02. The van der Waals surface area contributed by atoms with Crippen LogP contribution >= 0.6 is 0 Å². The Morgan fingerprint density at radius 3 is 2.61 bits per heavy atom. The molecule has 0 unspecified atom stereocenters. The first-order valence-electron chi connectivity index (χ1n) is 5.18. The first kappa shape index (κ1) is 12.8. The second-order valence-electron chi connectivity index (χ2n) is 3.93. The van der Waals surface area contributed by atoms with Crippen LogP contribution in [0.15, 0.2) is 17.1 Å². The van der Waals surface area contributed by atoms with Crippen molar-refractivity contribution in [2.24, 2.45) is 0 Å². The highest BCUT2D eigenvalue weighted by molar-refractivity contribution is 4.92. The standard InChI is InChI=1S/C9H13N3O6/c10-5-1-2-11(9(16)12(5)17)8-7(15)6(14)4(3-13)18-8/h1-2,4,6-8,10,13-15,17H,3H2/t4-,6-,7-,8-/m1/s1. The topological polar surface area (TPSA) is 141 Å². The molecule has 100 valence electrons. The van der Waals surface area contributed by atoms with Crippen LogP contribution in [0.5, 0.6) is 0 Å². The molecular weight excluding hydrogens is 246 g/mol. The summed E-state index contributed by atoms with van der Waals surface area (Å²) in [4.78, 5) is 11.6. The van der Waals surface area contributed by atoms with E-state index in [2.05, 4.69) is 0 Å². The zero-order valence-corrected chi connectivity index (χ0v) is 9.17. The Bertz CT molecular complexity index is 552. The molecule has 0 amide bonds. The second kappa shape index (κ2) is 4.53. The third-order valence-corrected chi connectivity index (χ3v) is 2.81. The van der Waals surface area contributed by atoms with Gasteiger partial charge >= 0.3 is 5.69 Å². The van der Waals surface area contributed by atoms with Crippen LogP contribution in [0.3, 0.4) is 0 Å². The molecule has 0 radical (unpaired) electrons. The van der Waals surface area contributed by atoms with E-state index in [-0.39, 0.29) is 4.73 Å². The van der Waals surface area contributed by atoms with Crippen LogP contribution in [0, 0.1) is 5.41 Å². The lowest BCUT2D eigenvalue weighted by atomic mass is 10.1. The summed E-state index contributed by atoms with van der Waals surface area (Å²) in [7, 11) is 0. The van der Waals surface area contributed by atoms with Gasteiger partial charge in [-0.1, -0.05) is 0 Å². The van der Waals surface area contributed by atoms with Crippen LogP contribution < -0.4 is 11.2 Å². The Morgan fingerprint density at radius 2 is 2.06 bits per heavy atom. The summed E-state index contributed by atoms with van der Waals surface area (Å²) >= 11 is 0. The molecule has 0 saturated carbocycles. The maximum Gasteiger partial charge on any atom is 0.365 e. The molecule has 1 aromatic heterocycles. The van der Waals surface area contributed by atoms with Gasteiger partial charge in [0.1, 0.15) is 18.3 Å². The van der Waals surface area contributed by atoms with E-state index in [4.69, 9.17) is 15.3 Å². The van der Waals surface area contributed by atoms with Crippen LogP contribution in [-0.2, 0) is 4.74 Å². The molecule has 9 nitrogen and oxygen atoms in total. The maximum atomic E-state index is 11.6. The van der Waals surface area contributed by atoms with Gasteiger partial charge in [0.2, 0.25) is 0 Å². The quantitative estimate of drug-likeness (QED) is 0.358. The zero-order chi connectivity index (χ0) is 13.4. The molecule has 18 heavy (non-hydrogen) atoms. The molecule has 0 aliphatic carbocycles. The molecule has 2 heterocycles. The van der Waals surface area contributed by atoms with Gasteiger partial charge in [0.15, 0.2) is 11.7 Å². The third-order valence-electron chi connectivity index (χ3n) is 2.81. The summed E-state index contributed by atoms with van der Waals surface area (Å²) in [6.07, 6.45) is -3.85. The molecule has 0 aromatic carbocycles. The number of aliphatic hydroxyl groups is 3. The van der Waals surface area contributed by atoms with Gasteiger partial charge in [-0.3, -0.25) is 9.98 Å². The minimum Gasteiger partial charge on any atom is -0.422 e. The number of aliphatic hydroxyl groups excluding tert-OH is 3. The molecule has 1 saturated heterocycles. The zero-order valence-electron chi connectivity index (χ0n) is 9.17. The summed E-state index contributed by atoms with van der Waals surface area (Å²) in [6.45, 7) is -0.515. The molecule has 1 aliphatic rings. The van der Waals surface area contributed by atoms with Crippen molar-refractivity contribution in [1.29, 1.82) is 5.41 Å². The van der Waals surface area contributed by atoms with E-state index >= 15 is 0 Å². The van der Waals surface area contributed by atoms with E-state index < -0.39 is 42.3 Å². The first-order valence-corrected chi connectivity index (χ1v) is 5.18. The first-order chi connectivity index (χ1) is 8.47. The molecule has 1 fully saturated rings. The molecule has 0 bridgehead atoms. The molecule has 2 rings (SSSR count). The van der Waals surface area contributed by atoms with Crippen molar-refractivity contribution in [3.63, 3.8) is 0 Å². The third kappa shape index (κ3) is 1.82. The van der Waals surface area contributed by atoms with Crippen molar-refractivity contribution >= 4 is 0 Å². The molecule has 1 aliphatic heterocycles. The Labute approximate surface area is 100 Å². The predicted molar refractivity (Wildman–Crippen MR) is 54.7 cm³/mol. The second-order valence-corrected chi connectivity index (χ2v) is 3.93. The number of aromatic nitrogens is 2. The van der Waals surface area contributed by atoms with Crippen LogP contribution in [0.4, 0.5) is 0 Å². The molecular formula is C9H13N3O6. The number of rotatable bonds is 2. The molecule has 4 atom stereocenters. The maximum absolute atomic E-state index is 11.6. The molecule has 0 spiro atoms. The summed E-state index contributed by atoms with van der Waals surface area (Å²) in [5, 5.41) is 44.6. The van der Waals surface area contributed by atoms with Gasteiger partial charge in [0.25, 0.3) is 0 Å². The lowest BCUT2D eigenvalue weighted by Gasteiger charge is -2.17. The largest absolute Gasteiger partial charge is 0.422 e. The Balaban J connectivity index is 2.42. The highest BCUT2D eigenvalue weighted by Crippen LogP contribution is 2.27. The van der Waals surface area contributed by atoms with Gasteiger partial charge in [-0.05, 0) is 0 Å². The normalized spacial score (nSPS) is 31.7. The van der Waals surface area contributed by atoms with Crippen molar-refractivity contribution in [3.05, 3.63) is 28.2 Å². The molecule has 1 aromatic rings. The summed E-state index contributed by atoms with van der Waals surface area (Å²) in [6, 6.07) is 1.12. The van der Waals surface area contributed by atoms with E-state index in [1.165, 1.54) is 0 Å². The number of nitrogens with zero attached hydrogens (tertiary/aromatic N) is 2. The minimum absolute atomic E-state index is 0.0781. The smallest absolute Gasteiger partial charge is 0.365 e. The van der Waals surface area contributed by atoms with E-state index in [1.54, 1.807) is 0 Å². The summed E-state index contributed by atoms with van der Waals surface area (Å²) < 4.78 is 6.04. The van der Waals surface area contributed by atoms with Gasteiger partial charge < -0.3 is 25.3 Å². The SMILES string of the molecule is N=c1ccn([C@@H]2O[C@H](CO)[C@@H](O)[C@H]2O)c(=O)n1O. The van der Waals surface area contributed by atoms with Crippen molar-refractivity contribution in [1.82, 2.24) is 9.30 Å². The van der Waals surface area contributed by atoms with Crippen LogP contribution in [-0.4, -0.2) is 54.7 Å². The Hall–Kier alpha value is -1.68. The lowest BCUT2D eigenvalue weighted by Crippen LogP contribution is -2.42. The highest BCUT2D eigenvalue weighted by atomic mass is 16.6. The number of hydrogen-bond donors (Lipinski definition) is 5. The van der Waals surface area contributed by atoms with Gasteiger partial charge in [-0.2, -0.15) is 0 Å². The molecule has 5 N–H and O–H groups in total. The number of hydrogen-bond acceptors (Lipinski definition) is 7. The van der Waals surface area contributed by atoms with Crippen LogP contribution in [0.25, 0.3) is 0 Å². The van der Waals surface area contributed by atoms with Crippen molar-refractivity contribution in [2.45, 2.75) is 24.5 Å². The van der Waals surface area contributed by atoms with Crippen molar-refractivity contribution in [2.75, 3.05) is 6.61 Å². The van der Waals surface area contributed by atoms with Gasteiger partial charge in [0.05, 0.1) is 6.61 Å². The minimum atomic E-state index is -1.42. The van der Waals surface area contributed by atoms with Crippen molar-refractivity contribution in [3.8, 4) is 0 Å². The lowest BCUT2D eigenvalue weighted by molar-refractivity contribution is -0.0579. The van der Waals surface area contributed by atoms with E-state index in [0.29, 0.717) is 0 Å². The average Bonchev–Trinajstić information content (AvgIpc) is 2.64. The van der Waals surface area contributed by atoms with E-state index in [1.807, 2.05) is 0 Å². The average molecular weight is 259 g/mol. The monoisotopic (exact) mass is 259 g/mol. The van der Waals surface area contributed by atoms with Crippen LogP contribution in [0.1, 0.15) is 6.23 Å². The fourth-order valence-corrected chi connectivity index (χ4v) is 1.80. The number of ether oxygens (including phenoxy) is 1. The van der Waals surface area contributed by atoms with E-state index in [9.17, 15) is 20.2 Å². The van der Waals surface area contributed by atoms with Crippen LogP contribution in [0.2, 0.25) is 0 Å². The van der Waals surface area contributed by atoms with E-state index in [0.717, 1.165) is 16.8 Å². The highest BCUT2D eigenvalue weighted by Gasteiger charge is 2.43.